The van der Waals surface area contributed by atoms with Gasteiger partial charge in [0.05, 0.1) is 17.1 Å². The molecule has 0 saturated heterocycles. The first-order chi connectivity index (χ1) is 19.0. The number of halogens is 2. The van der Waals surface area contributed by atoms with E-state index in [1.54, 1.807) is 24.7 Å². The molecule has 200 valence electrons. The van der Waals surface area contributed by atoms with Gasteiger partial charge in [0.25, 0.3) is 5.91 Å². The number of carbonyl (C=O) groups excluding carboxylic acids is 1. The van der Waals surface area contributed by atoms with Gasteiger partial charge in [-0.15, -0.1) is 11.3 Å². The second-order valence-electron chi connectivity index (χ2n) is 9.23. The minimum atomic E-state index is -0.0764. The van der Waals surface area contributed by atoms with Crippen molar-refractivity contribution in [1.82, 2.24) is 5.32 Å². The molecule has 1 heterocycles. The molecular weight excluding hydrogens is 596 g/mol. The Morgan fingerprint density at radius 1 is 1.10 bits per heavy atom. The number of thiophene rings is 1. The zero-order valence-electron chi connectivity index (χ0n) is 21.5. The average molecular weight is 624 g/mol. The van der Waals surface area contributed by atoms with Crippen LogP contribution in [-0.2, 0) is 26.0 Å². The van der Waals surface area contributed by atoms with E-state index in [1.165, 1.54) is 4.88 Å². The Bertz CT molecular complexity index is 1500. The van der Waals surface area contributed by atoms with Gasteiger partial charge in [-0.1, -0.05) is 60.1 Å². The van der Waals surface area contributed by atoms with Gasteiger partial charge in [0.15, 0.2) is 11.5 Å². The predicted octanol–water partition coefficient (Wildman–Crippen LogP) is 8.31. The number of aryl methyl sites for hydroxylation is 1. The molecule has 1 aliphatic rings. The van der Waals surface area contributed by atoms with Gasteiger partial charge in [-0.05, 0) is 76.5 Å². The largest absolute Gasteiger partial charge is 0.493 e. The Hall–Kier alpha value is -3.13. The van der Waals surface area contributed by atoms with Crippen molar-refractivity contribution in [3.05, 3.63) is 109 Å². The maximum atomic E-state index is 13.4. The normalized spacial score (nSPS) is 12.8. The Morgan fingerprint density at radius 3 is 2.67 bits per heavy atom. The zero-order valence-corrected chi connectivity index (χ0v) is 24.7. The topological polar surface area (TPSA) is 59.9 Å². The van der Waals surface area contributed by atoms with Gasteiger partial charge < -0.3 is 14.8 Å². The summed E-state index contributed by atoms with van der Waals surface area (Å²) >= 11 is 11.5. The monoisotopic (exact) mass is 622 g/mol. The number of carbonyl (C=O) groups is 1. The highest BCUT2D eigenvalue weighted by atomic mass is 79.9. The van der Waals surface area contributed by atoms with Gasteiger partial charge in [0.2, 0.25) is 0 Å². The SMILES string of the molecule is COc1cc(C=Nc2sc3c(c2C(=O)NCc2ccccc2)CCCC3)cc(Br)c1OCc1ccccc1Cl. The molecule has 4 aromatic rings. The number of methoxy groups -OCH3 is 1. The van der Waals surface area contributed by atoms with E-state index in [-0.39, 0.29) is 5.91 Å². The van der Waals surface area contributed by atoms with Gasteiger partial charge in [-0.2, -0.15) is 0 Å². The molecule has 0 aliphatic heterocycles. The minimum Gasteiger partial charge on any atom is -0.493 e. The van der Waals surface area contributed by atoms with E-state index in [0.29, 0.717) is 35.2 Å². The van der Waals surface area contributed by atoms with Crippen molar-refractivity contribution in [3.63, 3.8) is 0 Å². The van der Waals surface area contributed by atoms with Crippen molar-refractivity contribution in [2.45, 2.75) is 38.8 Å². The first kappa shape index (κ1) is 27.4. The summed E-state index contributed by atoms with van der Waals surface area (Å²) in [5, 5.41) is 4.49. The van der Waals surface area contributed by atoms with Gasteiger partial charge in [0, 0.05) is 28.2 Å². The highest BCUT2D eigenvalue weighted by Gasteiger charge is 2.25. The van der Waals surface area contributed by atoms with Crippen molar-refractivity contribution in [2.24, 2.45) is 4.99 Å². The van der Waals surface area contributed by atoms with Crippen LogP contribution in [0.1, 0.15) is 50.3 Å². The first-order valence-electron chi connectivity index (χ1n) is 12.8. The van der Waals surface area contributed by atoms with Crippen molar-refractivity contribution in [1.29, 1.82) is 0 Å². The molecule has 0 fully saturated rings. The summed E-state index contributed by atoms with van der Waals surface area (Å²) in [6.45, 7) is 0.789. The standard InChI is InChI=1S/C31H28BrClN2O3S/c1-37-26-16-21(15-24(32)29(26)38-19-22-11-5-7-13-25(22)33)18-35-31-28(23-12-6-8-14-27(23)39-31)30(36)34-17-20-9-3-2-4-10-20/h2-5,7,9-11,13,15-16,18H,6,8,12,14,17,19H2,1H3,(H,34,36). The molecule has 3 aromatic carbocycles. The molecule has 0 atom stereocenters. The van der Waals surface area contributed by atoms with Crippen LogP contribution in [0.3, 0.4) is 0 Å². The van der Waals surface area contributed by atoms with Crippen LogP contribution < -0.4 is 14.8 Å². The molecule has 39 heavy (non-hydrogen) atoms. The van der Waals surface area contributed by atoms with E-state index >= 15 is 0 Å². The summed E-state index contributed by atoms with van der Waals surface area (Å²) in [7, 11) is 1.60. The Morgan fingerprint density at radius 2 is 1.87 bits per heavy atom. The van der Waals surface area contributed by atoms with Crippen molar-refractivity contribution in [3.8, 4) is 11.5 Å². The molecule has 1 amide bonds. The summed E-state index contributed by atoms with van der Waals surface area (Å²) in [6.07, 6.45) is 5.90. The lowest BCUT2D eigenvalue weighted by molar-refractivity contribution is 0.0951. The lowest BCUT2D eigenvalue weighted by atomic mass is 9.95. The van der Waals surface area contributed by atoms with E-state index in [1.807, 2.05) is 66.7 Å². The van der Waals surface area contributed by atoms with Crippen LogP contribution in [0.4, 0.5) is 5.00 Å². The molecule has 1 aromatic heterocycles. The van der Waals surface area contributed by atoms with Crippen LogP contribution in [0, 0.1) is 0 Å². The third kappa shape index (κ3) is 6.55. The molecule has 0 unspecified atom stereocenters. The number of aliphatic imine (C=N–C) groups is 1. The smallest absolute Gasteiger partial charge is 0.254 e. The number of benzene rings is 3. The van der Waals surface area contributed by atoms with Crippen molar-refractivity contribution in [2.75, 3.05) is 7.11 Å². The number of hydrogen-bond donors (Lipinski definition) is 1. The van der Waals surface area contributed by atoms with Gasteiger partial charge in [-0.3, -0.25) is 4.79 Å². The molecule has 1 N–H and O–H groups in total. The lowest BCUT2D eigenvalue weighted by Gasteiger charge is -2.14. The highest BCUT2D eigenvalue weighted by molar-refractivity contribution is 9.10. The van der Waals surface area contributed by atoms with E-state index < -0.39 is 0 Å². The minimum absolute atomic E-state index is 0.0764. The fourth-order valence-electron chi connectivity index (χ4n) is 4.60. The van der Waals surface area contributed by atoms with E-state index in [9.17, 15) is 4.79 Å². The average Bonchev–Trinajstić information content (AvgIpc) is 3.34. The molecule has 0 spiro atoms. The van der Waals surface area contributed by atoms with E-state index in [4.69, 9.17) is 26.1 Å². The molecule has 8 heteroatoms. The van der Waals surface area contributed by atoms with Crippen LogP contribution in [0.25, 0.3) is 0 Å². The summed E-state index contributed by atoms with van der Waals surface area (Å²) in [4.78, 5) is 19.4. The maximum absolute atomic E-state index is 13.4. The second kappa shape index (κ2) is 12.8. The predicted molar refractivity (Wildman–Crippen MR) is 162 cm³/mol. The number of nitrogens with one attached hydrogen (secondary N) is 1. The summed E-state index contributed by atoms with van der Waals surface area (Å²) in [5.74, 6) is 1.08. The molecule has 5 nitrogen and oxygen atoms in total. The van der Waals surface area contributed by atoms with E-state index in [2.05, 4.69) is 21.2 Å². The van der Waals surface area contributed by atoms with Gasteiger partial charge >= 0.3 is 0 Å². The quantitative estimate of drug-likeness (QED) is 0.191. The fourth-order valence-corrected chi connectivity index (χ4v) is 6.59. The molecular formula is C31H28BrClN2O3S. The maximum Gasteiger partial charge on any atom is 0.254 e. The fraction of sp³-hybridized carbons (Fsp3) is 0.226. The van der Waals surface area contributed by atoms with Crippen LogP contribution in [-0.4, -0.2) is 19.2 Å². The lowest BCUT2D eigenvalue weighted by Crippen LogP contribution is -2.24. The van der Waals surface area contributed by atoms with Crippen molar-refractivity contribution < 1.29 is 14.3 Å². The number of rotatable bonds is 9. The molecule has 0 saturated carbocycles. The van der Waals surface area contributed by atoms with Crippen molar-refractivity contribution >= 4 is 56.0 Å². The first-order valence-corrected chi connectivity index (χ1v) is 14.8. The van der Waals surface area contributed by atoms with Crippen LogP contribution in [0.5, 0.6) is 11.5 Å². The second-order valence-corrected chi connectivity index (χ2v) is 11.6. The number of amides is 1. The van der Waals surface area contributed by atoms with Crippen LogP contribution in [0.15, 0.2) is 76.2 Å². The third-order valence-electron chi connectivity index (χ3n) is 6.59. The number of nitrogens with zero attached hydrogens (tertiary/aromatic N) is 1. The van der Waals surface area contributed by atoms with Crippen LogP contribution >= 0.6 is 38.9 Å². The third-order valence-corrected chi connectivity index (χ3v) is 8.75. The number of hydrogen-bond acceptors (Lipinski definition) is 5. The summed E-state index contributed by atoms with van der Waals surface area (Å²) in [5.41, 5.74) is 4.62. The molecule has 0 bridgehead atoms. The zero-order chi connectivity index (χ0) is 27.2. The Balaban J connectivity index is 1.38. The van der Waals surface area contributed by atoms with Gasteiger partial charge in [-0.25, -0.2) is 4.99 Å². The highest BCUT2D eigenvalue weighted by Crippen LogP contribution is 2.41. The number of ether oxygens (including phenoxy) is 2. The molecule has 0 radical (unpaired) electrons. The Kier molecular flexibility index (Phi) is 9.02. The van der Waals surface area contributed by atoms with E-state index in [0.717, 1.165) is 57.4 Å². The Labute approximate surface area is 246 Å². The van der Waals surface area contributed by atoms with Crippen LogP contribution in [0.2, 0.25) is 5.02 Å². The summed E-state index contributed by atoms with van der Waals surface area (Å²) in [6, 6.07) is 21.3. The molecule has 5 rings (SSSR count). The summed E-state index contributed by atoms with van der Waals surface area (Å²) < 4.78 is 12.4. The number of fused-ring (bicyclic) bond motifs is 1. The molecule has 1 aliphatic carbocycles. The van der Waals surface area contributed by atoms with Gasteiger partial charge in [0.1, 0.15) is 11.6 Å².